The number of anilines is 3. The van der Waals surface area contributed by atoms with Gasteiger partial charge >= 0.3 is 0 Å². The van der Waals surface area contributed by atoms with Crippen molar-refractivity contribution in [2.24, 2.45) is 0 Å². The number of aromatic amines is 1. The lowest BCUT2D eigenvalue weighted by atomic mass is 10.2. The fourth-order valence-corrected chi connectivity index (χ4v) is 3.36. The maximum atomic E-state index is 5.86. The van der Waals surface area contributed by atoms with Crippen molar-refractivity contribution in [1.29, 1.82) is 0 Å². The molecule has 2 heterocycles. The van der Waals surface area contributed by atoms with E-state index in [0.717, 1.165) is 22.6 Å². The van der Waals surface area contributed by atoms with Crippen molar-refractivity contribution in [3.05, 3.63) is 59.9 Å². The van der Waals surface area contributed by atoms with E-state index >= 15 is 0 Å². The molecule has 0 radical (unpaired) electrons. The molecular weight excluding hydrogens is 400 g/mol. The molecule has 4 rings (SSSR count). The van der Waals surface area contributed by atoms with Crippen molar-refractivity contribution in [2.45, 2.75) is 17.8 Å². The molecule has 0 spiro atoms. The Morgan fingerprint density at radius 1 is 1.03 bits per heavy atom. The molecule has 0 aliphatic heterocycles. The van der Waals surface area contributed by atoms with E-state index in [9.17, 15) is 0 Å². The number of hydrogen-bond donors (Lipinski definition) is 3. The number of aromatic nitrogens is 6. The number of thioether (sulfide) groups is 1. The van der Waals surface area contributed by atoms with Crippen LogP contribution in [0.15, 0.2) is 53.7 Å². The monoisotopic (exact) mass is 420 g/mol. The third-order valence-electron chi connectivity index (χ3n) is 4.25. The van der Waals surface area contributed by atoms with Crippen LogP contribution in [0, 0.1) is 6.92 Å². The van der Waals surface area contributed by atoms with E-state index in [1.54, 1.807) is 7.11 Å². The molecule has 4 aromatic rings. The van der Waals surface area contributed by atoms with E-state index in [1.165, 1.54) is 11.8 Å². The van der Waals surface area contributed by atoms with Gasteiger partial charge in [-0.05, 0) is 42.8 Å². The lowest BCUT2D eigenvalue weighted by Crippen LogP contribution is -2.07. The summed E-state index contributed by atoms with van der Waals surface area (Å²) in [6.07, 6.45) is 0. The lowest BCUT2D eigenvalue weighted by molar-refractivity contribution is 0.415. The zero-order valence-electron chi connectivity index (χ0n) is 16.5. The first-order chi connectivity index (χ1) is 14.6. The normalized spacial score (nSPS) is 10.7. The molecule has 0 amide bonds. The molecule has 2 aromatic heterocycles. The predicted octanol–water partition coefficient (Wildman–Crippen LogP) is 3.59. The van der Waals surface area contributed by atoms with E-state index < -0.39 is 0 Å². The third-order valence-corrected chi connectivity index (χ3v) is 5.09. The molecule has 0 atom stereocenters. The number of H-pyrrole nitrogens is 1. The number of aryl methyl sites for hydroxylation is 1. The molecular formula is C20H20N8OS. The molecule has 0 saturated heterocycles. The average molecular weight is 421 g/mol. The molecule has 0 saturated carbocycles. The predicted molar refractivity (Wildman–Crippen MR) is 117 cm³/mol. The number of nitrogens with two attached hydrogens (primary N) is 1. The van der Waals surface area contributed by atoms with Gasteiger partial charge in [0.05, 0.1) is 12.9 Å². The number of hydrogen-bond acceptors (Lipinski definition) is 9. The summed E-state index contributed by atoms with van der Waals surface area (Å²) in [4.78, 5) is 17.4. The maximum Gasteiger partial charge on any atom is 0.232 e. The maximum absolute atomic E-state index is 5.86. The van der Waals surface area contributed by atoms with Gasteiger partial charge in [-0.15, -0.1) is 5.10 Å². The number of benzene rings is 2. The SMILES string of the molecule is COc1ccc(-c2nc(SCc3nc(N)nc(Nc4ccccc4C)n3)n[nH]2)cc1. The number of methoxy groups -OCH3 is 1. The molecule has 152 valence electrons. The van der Waals surface area contributed by atoms with Gasteiger partial charge in [-0.25, -0.2) is 4.98 Å². The molecule has 4 N–H and O–H groups in total. The van der Waals surface area contributed by atoms with Crippen molar-refractivity contribution in [1.82, 2.24) is 30.1 Å². The Balaban J connectivity index is 1.44. The van der Waals surface area contributed by atoms with Crippen LogP contribution in [-0.2, 0) is 5.75 Å². The topological polar surface area (TPSA) is 128 Å². The van der Waals surface area contributed by atoms with Crippen LogP contribution in [0.4, 0.5) is 17.6 Å². The van der Waals surface area contributed by atoms with Crippen LogP contribution in [0.1, 0.15) is 11.4 Å². The summed E-state index contributed by atoms with van der Waals surface area (Å²) in [5.41, 5.74) is 8.78. The van der Waals surface area contributed by atoms with Crippen LogP contribution in [0.5, 0.6) is 5.75 Å². The highest BCUT2D eigenvalue weighted by atomic mass is 32.2. The second-order valence-electron chi connectivity index (χ2n) is 6.36. The number of para-hydroxylation sites is 1. The summed E-state index contributed by atoms with van der Waals surface area (Å²) in [7, 11) is 1.63. The summed E-state index contributed by atoms with van der Waals surface area (Å²) >= 11 is 1.41. The zero-order valence-corrected chi connectivity index (χ0v) is 17.3. The second-order valence-corrected chi connectivity index (χ2v) is 7.30. The first-order valence-electron chi connectivity index (χ1n) is 9.13. The minimum absolute atomic E-state index is 0.158. The van der Waals surface area contributed by atoms with Gasteiger partial charge in [-0.2, -0.15) is 15.0 Å². The van der Waals surface area contributed by atoms with Gasteiger partial charge < -0.3 is 15.8 Å². The summed E-state index contributed by atoms with van der Waals surface area (Å²) in [6, 6.07) is 15.5. The van der Waals surface area contributed by atoms with Crippen molar-refractivity contribution >= 4 is 29.3 Å². The van der Waals surface area contributed by atoms with Crippen molar-refractivity contribution < 1.29 is 4.74 Å². The second kappa shape index (κ2) is 8.78. The largest absolute Gasteiger partial charge is 0.497 e. The number of rotatable bonds is 7. The van der Waals surface area contributed by atoms with Crippen molar-refractivity contribution in [3.63, 3.8) is 0 Å². The Hall–Kier alpha value is -3.66. The Kier molecular flexibility index (Phi) is 5.75. The van der Waals surface area contributed by atoms with Gasteiger partial charge in [0.15, 0.2) is 5.82 Å². The molecule has 10 heteroatoms. The number of nitrogens with zero attached hydrogens (tertiary/aromatic N) is 5. The van der Waals surface area contributed by atoms with Crippen molar-refractivity contribution in [3.8, 4) is 17.1 Å². The Morgan fingerprint density at radius 2 is 1.83 bits per heavy atom. The van der Waals surface area contributed by atoms with E-state index in [4.69, 9.17) is 10.5 Å². The van der Waals surface area contributed by atoms with Crippen LogP contribution < -0.4 is 15.8 Å². The van der Waals surface area contributed by atoms with Crippen molar-refractivity contribution in [2.75, 3.05) is 18.2 Å². The quantitative estimate of drug-likeness (QED) is 0.384. The van der Waals surface area contributed by atoms with Crippen LogP contribution in [0.2, 0.25) is 0 Å². The fourth-order valence-electron chi connectivity index (χ4n) is 2.71. The van der Waals surface area contributed by atoms with Crippen LogP contribution in [-0.4, -0.2) is 37.2 Å². The first-order valence-corrected chi connectivity index (χ1v) is 10.1. The smallest absolute Gasteiger partial charge is 0.232 e. The van der Waals surface area contributed by atoms with E-state index in [2.05, 4.69) is 35.5 Å². The summed E-state index contributed by atoms with van der Waals surface area (Å²) in [5, 5.41) is 11.0. The molecule has 30 heavy (non-hydrogen) atoms. The molecule has 0 unspecified atom stereocenters. The molecule has 9 nitrogen and oxygen atoms in total. The molecule has 0 aliphatic rings. The highest BCUT2D eigenvalue weighted by Crippen LogP contribution is 2.24. The van der Waals surface area contributed by atoms with E-state index in [-0.39, 0.29) is 5.95 Å². The minimum atomic E-state index is 0.158. The van der Waals surface area contributed by atoms with Gasteiger partial charge in [-0.3, -0.25) is 5.10 Å². The van der Waals surface area contributed by atoms with Crippen LogP contribution in [0.3, 0.4) is 0 Å². The first kappa shape index (κ1) is 19.6. The summed E-state index contributed by atoms with van der Waals surface area (Å²) < 4.78 is 5.18. The van der Waals surface area contributed by atoms with E-state index in [1.807, 2.05) is 55.5 Å². The van der Waals surface area contributed by atoms with Gasteiger partial charge in [-0.1, -0.05) is 30.0 Å². The molecule has 0 bridgehead atoms. The zero-order chi connectivity index (χ0) is 20.9. The van der Waals surface area contributed by atoms with Crippen LogP contribution >= 0.6 is 11.8 Å². The standard InChI is InChI=1S/C20H20N8OS/c1-12-5-3-4-6-15(12)22-19-24-16(23-18(21)26-19)11-30-20-25-17(27-28-20)13-7-9-14(29-2)10-8-13/h3-10H,11H2,1-2H3,(H,25,27,28)(H3,21,22,23,24,26). The number of ether oxygens (including phenoxy) is 1. The number of nitrogen functional groups attached to an aromatic ring is 1. The van der Waals surface area contributed by atoms with Gasteiger partial charge in [0.25, 0.3) is 0 Å². The third kappa shape index (κ3) is 4.66. The van der Waals surface area contributed by atoms with Gasteiger partial charge in [0, 0.05) is 11.3 Å². The lowest BCUT2D eigenvalue weighted by Gasteiger charge is -2.09. The highest BCUT2D eigenvalue weighted by Gasteiger charge is 2.10. The van der Waals surface area contributed by atoms with Gasteiger partial charge in [0.2, 0.25) is 17.1 Å². The minimum Gasteiger partial charge on any atom is -0.497 e. The fraction of sp³-hybridized carbons (Fsp3) is 0.150. The Labute approximate surface area is 177 Å². The van der Waals surface area contributed by atoms with Gasteiger partial charge in [0.1, 0.15) is 11.6 Å². The average Bonchev–Trinajstić information content (AvgIpc) is 3.23. The molecule has 0 fully saturated rings. The summed E-state index contributed by atoms with van der Waals surface area (Å²) in [5.74, 6) is 3.02. The Bertz CT molecular complexity index is 1150. The Morgan fingerprint density at radius 3 is 2.60 bits per heavy atom. The highest BCUT2D eigenvalue weighted by molar-refractivity contribution is 7.98. The van der Waals surface area contributed by atoms with Crippen LogP contribution in [0.25, 0.3) is 11.4 Å². The molecule has 2 aromatic carbocycles. The van der Waals surface area contributed by atoms with E-state index in [0.29, 0.717) is 28.5 Å². The summed E-state index contributed by atoms with van der Waals surface area (Å²) in [6.45, 7) is 2.01. The molecule has 0 aliphatic carbocycles. The number of nitrogens with one attached hydrogen (secondary N) is 2.